The van der Waals surface area contributed by atoms with E-state index in [-0.39, 0.29) is 70.9 Å². The van der Waals surface area contributed by atoms with Crippen LogP contribution < -0.4 is 11.5 Å². The molecule has 9 nitrogen and oxygen atoms in total. The number of hydrogen-bond acceptors (Lipinski definition) is 8. The van der Waals surface area contributed by atoms with E-state index < -0.39 is 23.5 Å². The molecule has 1 aliphatic carbocycles. The van der Waals surface area contributed by atoms with Crippen molar-refractivity contribution in [3.05, 3.63) is 29.5 Å². The third kappa shape index (κ3) is 3.23. The summed E-state index contributed by atoms with van der Waals surface area (Å²) >= 11 is 0. The van der Waals surface area contributed by atoms with Crippen LogP contribution in [0.2, 0.25) is 0 Å². The Hall–Kier alpha value is -1.39. The number of hydrogen-bond donors (Lipinski definition) is 2. The summed E-state index contributed by atoms with van der Waals surface area (Å²) in [6.07, 6.45) is 0.0554. The predicted octanol–water partition coefficient (Wildman–Crippen LogP) is -0.727. The molecule has 1 amide bonds. The topological polar surface area (TPSA) is 128 Å². The number of carbonyl (C=O) groups excluding carboxylic acids is 3. The van der Waals surface area contributed by atoms with Crippen molar-refractivity contribution in [1.29, 1.82) is 0 Å². The number of nitrogens with zero attached hydrogens (tertiary/aromatic N) is 2. The van der Waals surface area contributed by atoms with E-state index in [0.29, 0.717) is 12.2 Å². The zero-order chi connectivity index (χ0) is 21.0. The number of ether oxygens (including phenoxy) is 2. The van der Waals surface area contributed by atoms with Crippen LogP contribution in [0.5, 0.6) is 0 Å². The Balaban J connectivity index is 0.000000708. The molecule has 0 bridgehead atoms. The average molecular weight is 415 g/mol. The van der Waals surface area contributed by atoms with Gasteiger partial charge < -0.3 is 25.8 Å². The van der Waals surface area contributed by atoms with Crippen molar-refractivity contribution in [2.24, 2.45) is 17.4 Å². The summed E-state index contributed by atoms with van der Waals surface area (Å²) in [5.41, 5.74) is 10.8. The molecule has 4 rings (SSSR count). The number of Topliss-reactive ketones (excluding diaryl/α,β-unsaturated/α-hetero) is 2. The van der Waals surface area contributed by atoms with Gasteiger partial charge in [0.2, 0.25) is 11.6 Å². The Labute approximate surface area is 192 Å². The molecule has 2 fully saturated rings. The fraction of sp³-hybridized carbons (Fsp3) is 0.579. The average Bonchev–Trinajstić information content (AvgIpc) is 3.03. The van der Waals surface area contributed by atoms with Crippen LogP contribution in [-0.4, -0.2) is 102 Å². The van der Waals surface area contributed by atoms with Gasteiger partial charge >= 0.3 is 35.7 Å². The van der Waals surface area contributed by atoms with E-state index in [9.17, 15) is 14.4 Å². The number of methoxy groups -OCH3 is 1. The SMILES string of the molecule is CO[C@@]12[C@H](COC(N)=O)C3=C(C(=O)C(C)=C(N)C3=O)N1C[C@H]1[C@@H]2N1C.[CH2]CC.[NaH]. The second-order valence-electron chi connectivity index (χ2n) is 7.39. The van der Waals surface area contributed by atoms with Crippen LogP contribution in [-0.2, 0) is 19.1 Å². The van der Waals surface area contributed by atoms with Crippen LogP contribution in [0.25, 0.3) is 0 Å². The van der Waals surface area contributed by atoms with Crippen molar-refractivity contribution in [2.75, 3.05) is 27.3 Å². The molecule has 0 spiro atoms. The van der Waals surface area contributed by atoms with Gasteiger partial charge in [-0.05, 0) is 14.0 Å². The van der Waals surface area contributed by atoms with Crippen LogP contribution in [0.1, 0.15) is 20.3 Å². The molecule has 5 atom stereocenters. The van der Waals surface area contributed by atoms with E-state index in [0.717, 1.165) is 6.42 Å². The molecule has 155 valence electrons. The molecular formula is C19H28N4NaO5. The van der Waals surface area contributed by atoms with Crippen LogP contribution in [0.3, 0.4) is 0 Å². The molecule has 0 aromatic heterocycles. The summed E-state index contributed by atoms with van der Waals surface area (Å²) in [6.45, 7) is 7.46. The Kier molecular flexibility index (Phi) is 6.91. The standard InChI is InChI=1S/C16H20N4O5.C3H7.Na.H/c1-6-10(17)13(22)9-7(5-25-15(18)23)16(24-3)14-8(19(14)2)4-20(16)11(9)12(6)21;1-3-2;;/h7-8,14H,4-5,17H2,1-3H3,(H2,18,23);1,3H2,2H3;;/t7-,8+,14+,16-,19?;;;/m1.../s1. The van der Waals surface area contributed by atoms with Crippen molar-refractivity contribution >= 4 is 47.2 Å². The van der Waals surface area contributed by atoms with Gasteiger partial charge in [0.25, 0.3) is 0 Å². The zero-order valence-corrected chi connectivity index (χ0v) is 16.7. The summed E-state index contributed by atoms with van der Waals surface area (Å²) in [5, 5.41) is 0. The first-order valence-corrected chi connectivity index (χ1v) is 9.24. The molecular weight excluding hydrogens is 387 g/mol. The monoisotopic (exact) mass is 415 g/mol. The van der Waals surface area contributed by atoms with E-state index >= 15 is 0 Å². The fourth-order valence-corrected chi connectivity index (χ4v) is 4.73. The Bertz CT molecular complexity index is 810. The number of allylic oxidation sites excluding steroid dienone is 2. The number of nitrogens with two attached hydrogens (primary N) is 2. The minimum absolute atomic E-state index is 0. The van der Waals surface area contributed by atoms with Crippen LogP contribution >= 0.6 is 0 Å². The maximum absolute atomic E-state index is 12.9. The van der Waals surface area contributed by atoms with Crippen molar-refractivity contribution < 1.29 is 23.9 Å². The van der Waals surface area contributed by atoms with Crippen LogP contribution in [0.15, 0.2) is 22.5 Å². The van der Waals surface area contributed by atoms with E-state index in [1.807, 2.05) is 18.9 Å². The Morgan fingerprint density at radius 1 is 1.34 bits per heavy atom. The molecule has 1 unspecified atom stereocenters. The summed E-state index contributed by atoms with van der Waals surface area (Å²) < 4.78 is 10.9. The predicted molar refractivity (Wildman–Crippen MR) is 108 cm³/mol. The Morgan fingerprint density at radius 2 is 1.93 bits per heavy atom. The molecule has 10 heteroatoms. The first-order chi connectivity index (χ1) is 13.2. The van der Waals surface area contributed by atoms with Gasteiger partial charge in [0.1, 0.15) is 6.61 Å². The number of piperazine rings is 1. The maximum atomic E-state index is 12.9. The fourth-order valence-electron chi connectivity index (χ4n) is 4.73. The molecule has 3 aliphatic heterocycles. The first-order valence-electron chi connectivity index (χ1n) is 9.24. The van der Waals surface area contributed by atoms with Crippen molar-refractivity contribution in [3.63, 3.8) is 0 Å². The number of carbonyl (C=O) groups is 3. The van der Waals surface area contributed by atoms with E-state index in [2.05, 4.69) is 11.8 Å². The van der Waals surface area contributed by atoms with Crippen LogP contribution in [0, 0.1) is 12.8 Å². The zero-order valence-electron chi connectivity index (χ0n) is 16.7. The summed E-state index contributed by atoms with van der Waals surface area (Å²) in [5.74, 6) is -1.32. The molecule has 1 radical (unpaired) electrons. The molecule has 4 aliphatic rings. The van der Waals surface area contributed by atoms with Gasteiger partial charge in [-0.2, -0.15) is 0 Å². The molecule has 29 heavy (non-hydrogen) atoms. The first kappa shape index (κ1) is 23.9. The van der Waals surface area contributed by atoms with Gasteiger partial charge in [-0.1, -0.05) is 20.3 Å². The summed E-state index contributed by atoms with van der Waals surface area (Å²) in [4.78, 5) is 40.8. The second kappa shape index (κ2) is 8.39. The van der Waals surface area contributed by atoms with E-state index in [1.165, 1.54) is 7.11 Å². The van der Waals surface area contributed by atoms with Gasteiger partial charge in [-0.25, -0.2) is 4.79 Å². The number of fused-ring (bicyclic) bond motifs is 4. The second-order valence-corrected chi connectivity index (χ2v) is 7.39. The van der Waals surface area contributed by atoms with E-state index in [4.69, 9.17) is 20.9 Å². The molecule has 0 aromatic carbocycles. The third-order valence-electron chi connectivity index (χ3n) is 5.99. The molecule has 2 saturated heterocycles. The number of primary amides is 1. The van der Waals surface area contributed by atoms with Crippen molar-refractivity contribution in [3.8, 4) is 0 Å². The summed E-state index contributed by atoms with van der Waals surface area (Å²) in [6, 6.07) is 0.211. The number of ketones is 2. The van der Waals surface area contributed by atoms with Gasteiger partial charge in [0.15, 0.2) is 5.72 Å². The third-order valence-corrected chi connectivity index (χ3v) is 5.99. The van der Waals surface area contributed by atoms with Gasteiger partial charge in [-0.3, -0.25) is 14.5 Å². The van der Waals surface area contributed by atoms with Gasteiger partial charge in [-0.15, -0.1) is 0 Å². The van der Waals surface area contributed by atoms with E-state index in [1.54, 1.807) is 6.92 Å². The Morgan fingerprint density at radius 3 is 2.45 bits per heavy atom. The quantitative estimate of drug-likeness (QED) is 0.351. The van der Waals surface area contributed by atoms with Gasteiger partial charge in [0, 0.05) is 30.8 Å². The normalized spacial score (nSPS) is 34.0. The molecule has 0 saturated carbocycles. The van der Waals surface area contributed by atoms with Gasteiger partial charge in [0.05, 0.1) is 23.4 Å². The van der Waals surface area contributed by atoms with Crippen molar-refractivity contribution in [1.82, 2.24) is 9.80 Å². The summed E-state index contributed by atoms with van der Waals surface area (Å²) in [7, 11) is 3.49. The number of likely N-dealkylation sites (N-methyl/N-ethyl adjacent to an activating group) is 1. The van der Waals surface area contributed by atoms with Crippen molar-refractivity contribution in [2.45, 2.75) is 38.1 Å². The van der Waals surface area contributed by atoms with Crippen LogP contribution in [0.4, 0.5) is 4.79 Å². The molecule has 4 N–H and O–H groups in total. The number of rotatable bonds is 3. The number of amides is 1. The minimum atomic E-state index is -0.949. The molecule has 3 heterocycles. The molecule has 0 aromatic rings.